The Kier molecular flexibility index (Phi) is 7.08. The molecule has 0 aliphatic heterocycles. The van der Waals surface area contributed by atoms with Crippen molar-refractivity contribution in [2.45, 2.75) is 31.8 Å². The second-order valence-corrected chi connectivity index (χ2v) is 10.5. The molecule has 1 unspecified atom stereocenters. The number of methoxy groups -OCH3 is 1. The number of nitrogens with two attached hydrogens (primary N) is 1. The number of carboxylic acids is 1. The highest BCUT2D eigenvalue weighted by atomic mass is 79.9. The van der Waals surface area contributed by atoms with Crippen molar-refractivity contribution in [2.75, 3.05) is 19.5 Å². The third-order valence-electron chi connectivity index (χ3n) is 5.45. The van der Waals surface area contributed by atoms with E-state index in [-0.39, 0.29) is 24.5 Å². The molecule has 0 saturated heterocycles. The van der Waals surface area contributed by atoms with Crippen molar-refractivity contribution in [1.82, 2.24) is 24.6 Å². The number of fused-ring (bicyclic) bond motifs is 1. The Morgan fingerprint density at radius 1 is 1.35 bits per heavy atom. The summed E-state index contributed by atoms with van der Waals surface area (Å²) in [4.78, 5) is 23.9. The van der Waals surface area contributed by atoms with E-state index < -0.39 is 19.8 Å². The van der Waals surface area contributed by atoms with Crippen LogP contribution in [-0.4, -0.2) is 50.4 Å². The van der Waals surface area contributed by atoms with Gasteiger partial charge in [0.05, 0.1) is 20.0 Å². The fourth-order valence-corrected chi connectivity index (χ4v) is 5.44. The molecule has 4 N–H and O–H groups in total. The summed E-state index contributed by atoms with van der Waals surface area (Å²) in [7, 11) is -2.46. The van der Waals surface area contributed by atoms with Gasteiger partial charge in [-0.25, -0.2) is 9.55 Å². The maximum absolute atomic E-state index is 13.3. The number of carboxylic acid groups (broad SMARTS) is 1. The first kappa shape index (κ1) is 24.4. The second kappa shape index (κ2) is 9.87. The SMILES string of the molecule is COc1nc(N)nc2c1ncn2[C@H]1C[C@@H](COP(=O)(N[C@@H](C)C(=O)O)Oc2ccc(Br)cc2)C1. The molecule has 14 heteroatoms. The van der Waals surface area contributed by atoms with E-state index in [1.807, 2.05) is 4.57 Å². The van der Waals surface area contributed by atoms with Gasteiger partial charge < -0.3 is 24.7 Å². The van der Waals surface area contributed by atoms with Gasteiger partial charge in [-0.1, -0.05) is 15.9 Å². The van der Waals surface area contributed by atoms with Crippen LogP contribution in [-0.2, 0) is 13.9 Å². The summed E-state index contributed by atoms with van der Waals surface area (Å²) < 4.78 is 32.5. The first-order valence-corrected chi connectivity index (χ1v) is 12.8. The summed E-state index contributed by atoms with van der Waals surface area (Å²) >= 11 is 3.32. The van der Waals surface area contributed by atoms with Crippen LogP contribution in [0.15, 0.2) is 35.1 Å². The number of nitrogens with zero attached hydrogens (tertiary/aromatic N) is 4. The molecule has 2 heterocycles. The molecule has 12 nitrogen and oxygen atoms in total. The summed E-state index contributed by atoms with van der Waals surface area (Å²) in [6.07, 6.45) is 3.09. The lowest BCUT2D eigenvalue weighted by Crippen LogP contribution is -2.35. The lowest BCUT2D eigenvalue weighted by atomic mass is 9.81. The van der Waals surface area contributed by atoms with Crippen LogP contribution in [0.4, 0.5) is 5.95 Å². The van der Waals surface area contributed by atoms with E-state index in [1.54, 1.807) is 30.6 Å². The Morgan fingerprint density at radius 2 is 2.06 bits per heavy atom. The summed E-state index contributed by atoms with van der Waals surface area (Å²) in [5.74, 6) is -0.401. The molecule has 4 rings (SSSR count). The lowest BCUT2D eigenvalue weighted by molar-refractivity contribution is -0.138. The molecular formula is C20H24BrN6O6P. The predicted molar refractivity (Wildman–Crippen MR) is 127 cm³/mol. The van der Waals surface area contributed by atoms with Gasteiger partial charge in [0.15, 0.2) is 11.2 Å². The number of nitrogens with one attached hydrogen (secondary N) is 1. The molecule has 1 aromatic carbocycles. The van der Waals surface area contributed by atoms with Crippen molar-refractivity contribution in [3.63, 3.8) is 0 Å². The minimum Gasteiger partial charge on any atom is -0.480 e. The monoisotopic (exact) mass is 554 g/mol. The van der Waals surface area contributed by atoms with Crippen molar-refractivity contribution < 1.29 is 28.3 Å². The number of benzene rings is 1. The van der Waals surface area contributed by atoms with Gasteiger partial charge in [-0.3, -0.25) is 9.32 Å². The first-order chi connectivity index (χ1) is 16.2. The van der Waals surface area contributed by atoms with Gasteiger partial charge in [-0.05, 0) is 49.9 Å². The molecule has 1 fully saturated rings. The standard InChI is InChI=1S/C20H24BrN6O6P/c1-11(19(28)29)26-34(30,33-15-5-3-13(21)4-6-15)32-9-12-7-14(8-12)27-10-23-16-17(27)24-20(22)25-18(16)31-2/h3-6,10-12,14H,7-9H2,1-2H3,(H,26,30)(H,28,29)(H2,22,24,25)/t11-,12-,14+,34?/m0/s1. The summed E-state index contributed by atoms with van der Waals surface area (Å²) in [6.45, 7) is 1.49. The normalized spacial score (nSPS) is 20.3. The molecule has 3 aromatic rings. The van der Waals surface area contributed by atoms with Crippen LogP contribution in [0.1, 0.15) is 25.8 Å². The van der Waals surface area contributed by atoms with Crippen molar-refractivity contribution >= 4 is 46.8 Å². The van der Waals surface area contributed by atoms with Gasteiger partial charge in [-0.2, -0.15) is 15.1 Å². The van der Waals surface area contributed by atoms with E-state index in [4.69, 9.17) is 19.5 Å². The lowest BCUT2D eigenvalue weighted by Gasteiger charge is -2.36. The van der Waals surface area contributed by atoms with E-state index >= 15 is 0 Å². The number of anilines is 1. The molecule has 2 atom stereocenters. The zero-order valence-electron chi connectivity index (χ0n) is 18.4. The van der Waals surface area contributed by atoms with Gasteiger partial charge in [0.25, 0.3) is 0 Å². The fraction of sp³-hybridized carbons (Fsp3) is 0.400. The Bertz CT molecular complexity index is 1230. The van der Waals surface area contributed by atoms with Crippen LogP contribution in [0.5, 0.6) is 11.6 Å². The Balaban J connectivity index is 1.41. The number of aliphatic carboxylic acids is 1. The highest BCUT2D eigenvalue weighted by Crippen LogP contribution is 2.48. The van der Waals surface area contributed by atoms with Crippen LogP contribution in [0, 0.1) is 5.92 Å². The molecule has 2 aromatic heterocycles. The number of halogens is 1. The van der Waals surface area contributed by atoms with Crippen molar-refractivity contribution in [1.29, 1.82) is 0 Å². The summed E-state index contributed by atoms with van der Waals surface area (Å²) in [5.41, 5.74) is 6.89. The van der Waals surface area contributed by atoms with Crippen LogP contribution >= 0.6 is 23.7 Å². The van der Waals surface area contributed by atoms with E-state index in [9.17, 15) is 14.5 Å². The van der Waals surface area contributed by atoms with Gasteiger partial charge >= 0.3 is 13.7 Å². The first-order valence-electron chi connectivity index (χ1n) is 10.4. The number of imidazole rings is 1. The average molecular weight is 555 g/mol. The zero-order valence-corrected chi connectivity index (χ0v) is 20.9. The smallest absolute Gasteiger partial charge is 0.459 e. The van der Waals surface area contributed by atoms with Crippen LogP contribution in [0.2, 0.25) is 0 Å². The number of aromatic nitrogens is 4. The van der Waals surface area contributed by atoms with Crippen LogP contribution in [0.25, 0.3) is 11.2 Å². The largest absolute Gasteiger partial charge is 0.480 e. The molecule has 34 heavy (non-hydrogen) atoms. The molecule has 0 amide bonds. The van der Waals surface area contributed by atoms with Gasteiger partial charge in [0, 0.05) is 10.5 Å². The average Bonchev–Trinajstić information content (AvgIpc) is 3.17. The highest BCUT2D eigenvalue weighted by molar-refractivity contribution is 9.10. The minimum absolute atomic E-state index is 0.0762. The number of ether oxygens (including phenoxy) is 1. The van der Waals surface area contributed by atoms with E-state index in [0.717, 1.165) is 4.47 Å². The maximum atomic E-state index is 13.3. The Morgan fingerprint density at radius 3 is 2.71 bits per heavy atom. The summed E-state index contributed by atoms with van der Waals surface area (Å²) in [5, 5.41) is 11.7. The quantitative estimate of drug-likeness (QED) is 0.314. The van der Waals surface area contributed by atoms with E-state index in [1.165, 1.54) is 14.0 Å². The molecule has 0 radical (unpaired) electrons. The third kappa shape index (κ3) is 5.33. The molecule has 1 saturated carbocycles. The fourth-order valence-electron chi connectivity index (χ4n) is 3.60. The number of rotatable bonds is 10. The van der Waals surface area contributed by atoms with Crippen molar-refractivity contribution in [3.8, 4) is 11.6 Å². The third-order valence-corrected chi connectivity index (χ3v) is 7.62. The number of hydrogen-bond donors (Lipinski definition) is 3. The van der Waals surface area contributed by atoms with E-state index in [2.05, 4.69) is 36.0 Å². The number of hydrogen-bond acceptors (Lipinski definition) is 9. The van der Waals surface area contributed by atoms with Gasteiger partial charge in [-0.15, -0.1) is 0 Å². The van der Waals surface area contributed by atoms with Crippen molar-refractivity contribution in [2.24, 2.45) is 5.92 Å². The summed E-state index contributed by atoms with van der Waals surface area (Å²) in [6, 6.07) is 5.62. The van der Waals surface area contributed by atoms with Gasteiger partial charge in [0.2, 0.25) is 11.8 Å². The molecule has 1 aliphatic rings. The Hall–Kier alpha value is -2.73. The topological polar surface area (TPSA) is 164 Å². The highest BCUT2D eigenvalue weighted by Gasteiger charge is 2.37. The Labute approximate surface area is 203 Å². The van der Waals surface area contributed by atoms with Crippen molar-refractivity contribution in [3.05, 3.63) is 35.1 Å². The molecule has 182 valence electrons. The number of carbonyl (C=O) groups is 1. The second-order valence-electron chi connectivity index (χ2n) is 7.93. The molecule has 1 aliphatic carbocycles. The van der Waals surface area contributed by atoms with Gasteiger partial charge in [0.1, 0.15) is 11.8 Å². The molecule has 0 spiro atoms. The van der Waals surface area contributed by atoms with Crippen LogP contribution < -0.4 is 20.1 Å². The van der Waals surface area contributed by atoms with E-state index in [0.29, 0.717) is 35.6 Å². The predicted octanol–water partition coefficient (Wildman–Crippen LogP) is 3.40. The maximum Gasteiger partial charge on any atom is 0.459 e. The van der Waals surface area contributed by atoms with Crippen LogP contribution in [0.3, 0.4) is 0 Å². The number of nitrogen functional groups attached to an aromatic ring is 1. The molecule has 0 bridgehead atoms. The minimum atomic E-state index is -3.95. The zero-order chi connectivity index (χ0) is 24.5. The molecular weight excluding hydrogens is 531 g/mol.